The van der Waals surface area contributed by atoms with Crippen molar-refractivity contribution in [3.63, 3.8) is 0 Å². The number of hydrogen-bond donors (Lipinski definition) is 0. The molecular weight excluding hydrogens is 208 g/mol. The highest BCUT2D eigenvalue weighted by Gasteiger charge is 2.16. The molecular formula is C11H18N2OS. The van der Waals surface area contributed by atoms with Crippen LogP contribution in [0.2, 0.25) is 0 Å². The molecule has 0 bridgehead atoms. The Bertz CT molecular complexity index is 352. The molecule has 15 heavy (non-hydrogen) atoms. The second kappa shape index (κ2) is 4.31. The number of rotatable bonds is 3. The Morgan fingerprint density at radius 1 is 1.53 bits per heavy atom. The number of anilines is 1. The van der Waals surface area contributed by atoms with Crippen molar-refractivity contribution in [2.45, 2.75) is 27.7 Å². The number of carbonyl (C=O) groups is 1. The molecule has 0 aromatic carbocycles. The predicted molar refractivity (Wildman–Crippen MR) is 64.8 cm³/mol. The molecule has 0 fully saturated rings. The van der Waals surface area contributed by atoms with Crippen LogP contribution in [0.4, 0.5) is 5.13 Å². The van der Waals surface area contributed by atoms with E-state index in [0.29, 0.717) is 5.69 Å². The summed E-state index contributed by atoms with van der Waals surface area (Å²) >= 11 is 1.52. The highest BCUT2D eigenvalue weighted by Crippen LogP contribution is 2.23. The molecule has 0 saturated carbocycles. The standard InChI is InChI=1S/C11H18N2OS/c1-8(14)9-6-15-10(12-9)13(5)7-11(2,3)4/h6H,7H2,1-5H3. The zero-order valence-corrected chi connectivity index (χ0v) is 10.8. The Morgan fingerprint density at radius 2 is 2.13 bits per heavy atom. The number of thiazole rings is 1. The number of aromatic nitrogens is 1. The minimum Gasteiger partial charge on any atom is -0.351 e. The molecule has 0 aliphatic rings. The Balaban J connectivity index is 2.74. The molecule has 0 saturated heterocycles. The van der Waals surface area contributed by atoms with E-state index < -0.39 is 0 Å². The summed E-state index contributed by atoms with van der Waals surface area (Å²) in [6.07, 6.45) is 0. The molecule has 0 unspecified atom stereocenters. The summed E-state index contributed by atoms with van der Waals surface area (Å²) in [5, 5.41) is 2.73. The van der Waals surface area contributed by atoms with Crippen molar-refractivity contribution in [1.82, 2.24) is 4.98 Å². The molecule has 0 radical (unpaired) electrons. The zero-order valence-electron chi connectivity index (χ0n) is 10.00. The maximum Gasteiger partial charge on any atom is 0.185 e. The van der Waals surface area contributed by atoms with E-state index in [1.165, 1.54) is 11.3 Å². The normalized spacial score (nSPS) is 11.5. The maximum absolute atomic E-state index is 11.1. The summed E-state index contributed by atoms with van der Waals surface area (Å²) in [5.41, 5.74) is 0.798. The molecule has 0 aliphatic heterocycles. The van der Waals surface area contributed by atoms with E-state index in [2.05, 4.69) is 30.7 Å². The minimum absolute atomic E-state index is 0.0293. The minimum atomic E-state index is 0.0293. The molecule has 1 aromatic rings. The molecule has 1 aromatic heterocycles. The van der Waals surface area contributed by atoms with Crippen molar-refractivity contribution in [3.8, 4) is 0 Å². The lowest BCUT2D eigenvalue weighted by molar-refractivity contribution is 0.101. The quantitative estimate of drug-likeness (QED) is 0.743. The lowest BCUT2D eigenvalue weighted by Crippen LogP contribution is -2.29. The van der Waals surface area contributed by atoms with E-state index in [1.54, 1.807) is 6.92 Å². The van der Waals surface area contributed by atoms with Gasteiger partial charge in [-0.3, -0.25) is 4.79 Å². The third kappa shape index (κ3) is 3.63. The van der Waals surface area contributed by atoms with Crippen LogP contribution in [0, 0.1) is 5.41 Å². The Labute approximate surface area is 95.1 Å². The first kappa shape index (κ1) is 12.2. The van der Waals surface area contributed by atoms with Crippen LogP contribution in [0.3, 0.4) is 0 Å². The first-order valence-electron chi connectivity index (χ1n) is 4.97. The third-order valence-corrected chi connectivity index (χ3v) is 2.85. The van der Waals surface area contributed by atoms with E-state index in [0.717, 1.165) is 11.7 Å². The van der Waals surface area contributed by atoms with Crippen molar-refractivity contribution in [2.24, 2.45) is 5.41 Å². The molecule has 0 amide bonds. The molecule has 3 nitrogen and oxygen atoms in total. The summed E-state index contributed by atoms with van der Waals surface area (Å²) in [6, 6.07) is 0. The topological polar surface area (TPSA) is 33.2 Å². The first-order valence-corrected chi connectivity index (χ1v) is 5.85. The second-order valence-electron chi connectivity index (χ2n) is 4.99. The third-order valence-electron chi connectivity index (χ3n) is 1.89. The highest BCUT2D eigenvalue weighted by molar-refractivity contribution is 7.13. The maximum atomic E-state index is 11.1. The molecule has 1 rings (SSSR count). The van der Waals surface area contributed by atoms with Gasteiger partial charge >= 0.3 is 0 Å². The van der Waals surface area contributed by atoms with Crippen molar-refractivity contribution < 1.29 is 4.79 Å². The smallest absolute Gasteiger partial charge is 0.185 e. The van der Waals surface area contributed by atoms with Gasteiger partial charge in [0.15, 0.2) is 10.9 Å². The molecule has 4 heteroatoms. The average Bonchev–Trinajstić information content (AvgIpc) is 2.47. The summed E-state index contributed by atoms with van der Waals surface area (Å²) in [4.78, 5) is 17.5. The van der Waals surface area contributed by atoms with Gasteiger partial charge in [0, 0.05) is 25.9 Å². The number of nitrogens with zero attached hydrogens (tertiary/aromatic N) is 2. The van der Waals surface area contributed by atoms with Gasteiger partial charge in [0.05, 0.1) is 0 Å². The van der Waals surface area contributed by atoms with Crippen molar-refractivity contribution >= 4 is 22.3 Å². The average molecular weight is 226 g/mol. The van der Waals surface area contributed by atoms with Crippen molar-refractivity contribution in [1.29, 1.82) is 0 Å². The van der Waals surface area contributed by atoms with Gasteiger partial charge in [-0.15, -0.1) is 11.3 Å². The zero-order chi connectivity index (χ0) is 11.6. The van der Waals surface area contributed by atoms with Crippen LogP contribution in [0.25, 0.3) is 0 Å². The molecule has 84 valence electrons. The molecule has 0 atom stereocenters. The van der Waals surface area contributed by atoms with Crippen LogP contribution < -0.4 is 4.90 Å². The van der Waals surface area contributed by atoms with Gasteiger partial charge in [-0.1, -0.05) is 20.8 Å². The van der Waals surface area contributed by atoms with Gasteiger partial charge in [0.2, 0.25) is 0 Å². The number of Topliss-reactive ketones (excluding diaryl/α,β-unsaturated/α-hetero) is 1. The van der Waals surface area contributed by atoms with Crippen molar-refractivity contribution in [3.05, 3.63) is 11.1 Å². The van der Waals surface area contributed by atoms with Gasteiger partial charge in [-0.2, -0.15) is 0 Å². The van der Waals surface area contributed by atoms with Crippen molar-refractivity contribution in [2.75, 3.05) is 18.5 Å². The van der Waals surface area contributed by atoms with E-state index >= 15 is 0 Å². The molecule has 0 spiro atoms. The van der Waals surface area contributed by atoms with Gasteiger partial charge in [0.25, 0.3) is 0 Å². The molecule has 0 aliphatic carbocycles. The largest absolute Gasteiger partial charge is 0.351 e. The highest BCUT2D eigenvalue weighted by atomic mass is 32.1. The Morgan fingerprint density at radius 3 is 2.53 bits per heavy atom. The number of ketones is 1. The van der Waals surface area contributed by atoms with Gasteiger partial charge < -0.3 is 4.90 Å². The first-order chi connectivity index (χ1) is 6.79. The molecule has 0 N–H and O–H groups in total. The summed E-state index contributed by atoms with van der Waals surface area (Å²) < 4.78 is 0. The Hall–Kier alpha value is -0.900. The van der Waals surface area contributed by atoms with E-state index in [9.17, 15) is 4.79 Å². The van der Waals surface area contributed by atoms with E-state index in [-0.39, 0.29) is 11.2 Å². The number of hydrogen-bond acceptors (Lipinski definition) is 4. The van der Waals surface area contributed by atoms with Gasteiger partial charge in [-0.05, 0) is 5.41 Å². The van der Waals surface area contributed by atoms with Crippen LogP contribution in [-0.2, 0) is 0 Å². The van der Waals surface area contributed by atoms with E-state index in [1.807, 2.05) is 12.4 Å². The fourth-order valence-corrected chi connectivity index (χ4v) is 2.21. The lowest BCUT2D eigenvalue weighted by Gasteiger charge is -2.25. The fraction of sp³-hybridized carbons (Fsp3) is 0.636. The monoisotopic (exact) mass is 226 g/mol. The number of carbonyl (C=O) groups excluding carboxylic acids is 1. The van der Waals surface area contributed by atoms with Gasteiger partial charge in [-0.25, -0.2) is 4.98 Å². The lowest BCUT2D eigenvalue weighted by atomic mass is 9.96. The second-order valence-corrected chi connectivity index (χ2v) is 5.82. The predicted octanol–water partition coefficient (Wildman–Crippen LogP) is 2.83. The van der Waals surface area contributed by atoms with Crippen LogP contribution in [-0.4, -0.2) is 24.4 Å². The van der Waals surface area contributed by atoms with Crippen LogP contribution in [0.1, 0.15) is 38.2 Å². The van der Waals surface area contributed by atoms with Crippen LogP contribution in [0.15, 0.2) is 5.38 Å². The van der Waals surface area contributed by atoms with Crippen LogP contribution in [0.5, 0.6) is 0 Å². The SMILES string of the molecule is CC(=O)c1csc(N(C)CC(C)(C)C)n1. The summed E-state index contributed by atoms with van der Waals surface area (Å²) in [7, 11) is 2.01. The summed E-state index contributed by atoms with van der Waals surface area (Å²) in [6.45, 7) is 9.02. The molecule has 1 heterocycles. The van der Waals surface area contributed by atoms with Gasteiger partial charge in [0.1, 0.15) is 5.69 Å². The fourth-order valence-electron chi connectivity index (χ4n) is 1.38. The Kier molecular flexibility index (Phi) is 3.50. The summed E-state index contributed by atoms with van der Waals surface area (Å²) in [5.74, 6) is 0.0293. The van der Waals surface area contributed by atoms with E-state index in [4.69, 9.17) is 0 Å². The van der Waals surface area contributed by atoms with Crippen LogP contribution >= 0.6 is 11.3 Å².